The maximum Gasteiger partial charge on any atom is 0.416 e. The van der Waals surface area contributed by atoms with E-state index in [4.69, 9.17) is 16.3 Å². The van der Waals surface area contributed by atoms with E-state index in [-0.39, 0.29) is 5.02 Å². The Morgan fingerprint density at radius 1 is 1.00 bits per heavy atom. The lowest BCUT2D eigenvalue weighted by Crippen LogP contribution is -2.05. The number of halogens is 4. The van der Waals surface area contributed by atoms with Crippen molar-refractivity contribution in [2.75, 3.05) is 6.61 Å². The molecule has 0 aliphatic heterocycles. The summed E-state index contributed by atoms with van der Waals surface area (Å²) >= 11 is 6.43. The minimum absolute atomic E-state index is 0.0364. The van der Waals surface area contributed by atoms with Gasteiger partial charge in [-0.25, -0.2) is 4.79 Å². The van der Waals surface area contributed by atoms with Crippen molar-refractivity contribution in [2.24, 2.45) is 0 Å². The molecule has 1 aromatic heterocycles. The quantitative estimate of drug-likeness (QED) is 0.149. The summed E-state index contributed by atoms with van der Waals surface area (Å²) in [5.74, 6) is -0.421. The zero-order valence-corrected chi connectivity index (χ0v) is 21.1. The second-order valence-electron chi connectivity index (χ2n) is 8.38. The summed E-state index contributed by atoms with van der Waals surface area (Å²) in [4.78, 5) is 15.1. The Labute approximate surface area is 218 Å². The van der Waals surface area contributed by atoms with Crippen LogP contribution in [0.4, 0.5) is 13.2 Å². The number of nitrogens with one attached hydrogen (secondary N) is 1. The molecule has 37 heavy (non-hydrogen) atoms. The number of allylic oxidation sites excluding steroid dienone is 1. The molecule has 3 nitrogen and oxygen atoms in total. The molecule has 0 amide bonds. The highest BCUT2D eigenvalue weighted by atomic mass is 35.5. The summed E-state index contributed by atoms with van der Waals surface area (Å²) in [5.41, 5.74) is 4.81. The lowest BCUT2D eigenvalue weighted by molar-refractivity contribution is -0.138. The van der Waals surface area contributed by atoms with Crippen LogP contribution in [0.1, 0.15) is 48.2 Å². The molecule has 1 N–H and O–H groups in total. The van der Waals surface area contributed by atoms with Crippen molar-refractivity contribution in [1.82, 2.24) is 4.98 Å². The van der Waals surface area contributed by atoms with E-state index >= 15 is 0 Å². The van der Waals surface area contributed by atoms with Crippen molar-refractivity contribution >= 4 is 45.7 Å². The fourth-order valence-corrected chi connectivity index (χ4v) is 4.55. The van der Waals surface area contributed by atoms with Crippen LogP contribution in [0.15, 0.2) is 78.9 Å². The van der Waals surface area contributed by atoms with Gasteiger partial charge in [-0.15, -0.1) is 0 Å². The predicted molar refractivity (Wildman–Crippen MR) is 143 cm³/mol. The second-order valence-corrected chi connectivity index (χ2v) is 8.78. The van der Waals surface area contributed by atoms with Crippen molar-refractivity contribution in [3.05, 3.63) is 112 Å². The van der Waals surface area contributed by atoms with Gasteiger partial charge in [0.15, 0.2) is 0 Å². The van der Waals surface area contributed by atoms with Crippen LogP contribution in [0.2, 0.25) is 5.02 Å². The van der Waals surface area contributed by atoms with Crippen molar-refractivity contribution in [3.63, 3.8) is 0 Å². The van der Waals surface area contributed by atoms with Crippen molar-refractivity contribution in [3.8, 4) is 0 Å². The number of esters is 1. The Morgan fingerprint density at radius 2 is 1.73 bits per heavy atom. The van der Waals surface area contributed by atoms with Gasteiger partial charge < -0.3 is 9.72 Å². The lowest BCUT2D eigenvalue weighted by Gasteiger charge is -2.17. The molecule has 190 valence electrons. The fraction of sp³-hybridized carbons (Fsp3) is 0.167. The molecule has 4 aromatic rings. The molecular formula is C30H25ClF3NO2. The van der Waals surface area contributed by atoms with Crippen LogP contribution in [0.3, 0.4) is 0 Å². The smallest absolute Gasteiger partial charge is 0.416 e. The molecule has 4 rings (SSSR count). The van der Waals surface area contributed by atoms with E-state index in [1.807, 2.05) is 61.5 Å². The third kappa shape index (κ3) is 5.97. The lowest BCUT2D eigenvalue weighted by atomic mass is 9.90. The zero-order chi connectivity index (χ0) is 26.6. The number of rotatable bonds is 7. The van der Waals surface area contributed by atoms with E-state index in [1.54, 1.807) is 13.0 Å². The minimum Gasteiger partial charge on any atom is -0.463 e. The highest BCUT2D eigenvalue weighted by Crippen LogP contribution is 2.40. The maximum atomic E-state index is 13.3. The normalized spacial score (nSPS) is 12.7. The standard InChI is InChI=1S/C30H25ClF3NO2/c1-3-23(24-15-14-22(18-25(24)31)30(32,33)34)29(27-17-21-7-5-6-8-26(21)35-27)20-12-9-19(10-13-20)11-16-28(36)37-4-2/h5-18,35H,3-4H2,1-2H3/b16-11+,29-23+. The zero-order valence-electron chi connectivity index (χ0n) is 20.3. The summed E-state index contributed by atoms with van der Waals surface area (Å²) in [7, 11) is 0. The van der Waals surface area contributed by atoms with E-state index in [9.17, 15) is 18.0 Å². The second kappa shape index (κ2) is 11.1. The SMILES string of the molecule is CCOC(=O)/C=C/c1ccc(/C(=C(/CC)c2ccc(C(F)(F)F)cc2Cl)c2cc3ccccc3[nH]2)cc1. The molecule has 0 bridgehead atoms. The molecule has 0 saturated heterocycles. The van der Waals surface area contributed by atoms with Gasteiger partial charge in [0.25, 0.3) is 0 Å². The van der Waals surface area contributed by atoms with Crippen LogP contribution >= 0.6 is 11.6 Å². The Bertz CT molecular complexity index is 1450. The summed E-state index contributed by atoms with van der Waals surface area (Å²) in [6, 6.07) is 20.9. The molecule has 0 aliphatic rings. The van der Waals surface area contributed by atoms with E-state index in [0.717, 1.165) is 51.0 Å². The van der Waals surface area contributed by atoms with Gasteiger partial charge in [0.05, 0.1) is 12.2 Å². The van der Waals surface area contributed by atoms with Gasteiger partial charge in [0.2, 0.25) is 0 Å². The molecular weight excluding hydrogens is 499 g/mol. The molecule has 3 aromatic carbocycles. The largest absolute Gasteiger partial charge is 0.463 e. The number of alkyl halides is 3. The van der Waals surface area contributed by atoms with Crippen LogP contribution in [-0.2, 0) is 15.7 Å². The number of ether oxygens (including phenoxy) is 1. The number of carbonyl (C=O) groups is 1. The summed E-state index contributed by atoms with van der Waals surface area (Å²) in [5, 5.41) is 1.05. The van der Waals surface area contributed by atoms with Crippen molar-refractivity contribution in [2.45, 2.75) is 26.4 Å². The van der Waals surface area contributed by atoms with Gasteiger partial charge in [-0.1, -0.05) is 67.1 Å². The Hall–Kier alpha value is -3.77. The number of aromatic nitrogens is 1. The number of para-hydroxylation sites is 1. The first-order valence-electron chi connectivity index (χ1n) is 11.8. The van der Waals surface area contributed by atoms with Crippen LogP contribution < -0.4 is 0 Å². The molecule has 0 unspecified atom stereocenters. The Morgan fingerprint density at radius 3 is 2.35 bits per heavy atom. The van der Waals surface area contributed by atoms with Gasteiger partial charge in [-0.3, -0.25) is 0 Å². The number of fused-ring (bicyclic) bond motifs is 1. The summed E-state index contributed by atoms with van der Waals surface area (Å²) < 4.78 is 44.7. The van der Waals surface area contributed by atoms with Gasteiger partial charge in [0, 0.05) is 33.3 Å². The van der Waals surface area contributed by atoms with Gasteiger partial charge >= 0.3 is 12.1 Å². The molecule has 0 atom stereocenters. The Kier molecular flexibility index (Phi) is 7.89. The molecule has 0 aliphatic carbocycles. The summed E-state index contributed by atoms with van der Waals surface area (Å²) in [6.07, 6.45) is -0.917. The van der Waals surface area contributed by atoms with Crippen molar-refractivity contribution < 1.29 is 22.7 Å². The third-order valence-corrected chi connectivity index (χ3v) is 6.29. The minimum atomic E-state index is -4.48. The first kappa shape index (κ1) is 26.3. The van der Waals surface area contributed by atoms with E-state index < -0.39 is 17.7 Å². The number of H-pyrrole nitrogens is 1. The topological polar surface area (TPSA) is 42.1 Å². The predicted octanol–water partition coefficient (Wildman–Crippen LogP) is 8.79. The van der Waals surface area contributed by atoms with Gasteiger partial charge in [0.1, 0.15) is 0 Å². The number of benzene rings is 3. The monoisotopic (exact) mass is 523 g/mol. The number of carbonyl (C=O) groups excluding carboxylic acids is 1. The maximum absolute atomic E-state index is 13.3. The molecule has 0 radical (unpaired) electrons. The number of hydrogen-bond acceptors (Lipinski definition) is 2. The Balaban J connectivity index is 1.87. The molecule has 0 saturated carbocycles. The summed E-state index contributed by atoms with van der Waals surface area (Å²) in [6.45, 7) is 3.99. The van der Waals surface area contributed by atoms with Crippen LogP contribution in [0.5, 0.6) is 0 Å². The molecule has 0 spiro atoms. The average Bonchev–Trinajstić information content (AvgIpc) is 3.30. The van der Waals surface area contributed by atoms with E-state index in [1.165, 1.54) is 12.1 Å². The van der Waals surface area contributed by atoms with E-state index in [2.05, 4.69) is 4.98 Å². The highest BCUT2D eigenvalue weighted by Gasteiger charge is 2.31. The van der Waals surface area contributed by atoms with Crippen LogP contribution in [0, 0.1) is 0 Å². The van der Waals surface area contributed by atoms with Gasteiger partial charge in [-0.2, -0.15) is 13.2 Å². The third-order valence-electron chi connectivity index (χ3n) is 5.97. The molecule has 1 heterocycles. The molecule has 7 heteroatoms. The first-order chi connectivity index (χ1) is 17.7. The number of aromatic amines is 1. The fourth-order valence-electron chi connectivity index (χ4n) is 4.25. The van der Waals surface area contributed by atoms with Crippen molar-refractivity contribution in [1.29, 1.82) is 0 Å². The first-order valence-corrected chi connectivity index (χ1v) is 12.2. The highest BCUT2D eigenvalue weighted by molar-refractivity contribution is 6.32. The van der Waals surface area contributed by atoms with Crippen LogP contribution in [-0.4, -0.2) is 17.6 Å². The van der Waals surface area contributed by atoms with Gasteiger partial charge in [-0.05, 0) is 65.9 Å². The molecule has 0 fully saturated rings. The van der Waals surface area contributed by atoms with Crippen LogP contribution in [0.25, 0.3) is 28.1 Å². The average molecular weight is 524 g/mol. The van der Waals surface area contributed by atoms with E-state index in [0.29, 0.717) is 18.6 Å². The number of hydrogen-bond donors (Lipinski definition) is 1.